The molecule has 86 valence electrons. The second-order valence-corrected chi connectivity index (χ2v) is 3.77. The first-order valence-electron chi connectivity index (χ1n) is 5.93. The molecule has 0 saturated carbocycles. The summed E-state index contributed by atoms with van der Waals surface area (Å²) in [7, 11) is 0. The van der Waals surface area contributed by atoms with Crippen LogP contribution in [0.2, 0.25) is 0 Å². The lowest BCUT2D eigenvalue weighted by molar-refractivity contribution is 0.140. The third-order valence-corrected chi connectivity index (χ3v) is 2.36. The molecule has 1 aliphatic heterocycles. The van der Waals surface area contributed by atoms with Gasteiger partial charge in [-0.25, -0.2) is 0 Å². The minimum Gasteiger partial charge on any atom is -0.329 e. The molecule has 1 aliphatic rings. The van der Waals surface area contributed by atoms with Gasteiger partial charge in [0.25, 0.3) is 0 Å². The van der Waals surface area contributed by atoms with Crippen LogP contribution in [0.3, 0.4) is 0 Å². The van der Waals surface area contributed by atoms with Crippen molar-refractivity contribution in [3.05, 3.63) is 0 Å². The van der Waals surface area contributed by atoms with E-state index in [4.69, 9.17) is 5.73 Å². The maximum atomic E-state index is 5.47. The van der Waals surface area contributed by atoms with Gasteiger partial charge in [0, 0.05) is 39.3 Å². The van der Waals surface area contributed by atoms with Gasteiger partial charge in [0.05, 0.1) is 0 Å². The summed E-state index contributed by atoms with van der Waals surface area (Å²) in [6, 6.07) is 0. The number of nitrogens with two attached hydrogens (primary N) is 1. The summed E-state index contributed by atoms with van der Waals surface area (Å²) in [6.07, 6.45) is 1.25. The summed E-state index contributed by atoms with van der Waals surface area (Å²) in [5.74, 6) is 0. The SMILES string of the molecule is CCC.CCN1CCN(CCN)CC1. The normalized spacial score (nSPS) is 18.9. The summed E-state index contributed by atoms with van der Waals surface area (Å²) in [6.45, 7) is 14.4. The minimum atomic E-state index is 0.798. The highest BCUT2D eigenvalue weighted by molar-refractivity contribution is 4.70. The van der Waals surface area contributed by atoms with Gasteiger partial charge >= 0.3 is 0 Å². The standard InChI is InChI=1S/C8H19N3.C3H8/c1-2-10-5-7-11(4-3-9)8-6-10;1-3-2/h2-9H2,1H3;3H2,1-2H3. The highest BCUT2D eigenvalue weighted by atomic mass is 15.3. The molecule has 0 atom stereocenters. The van der Waals surface area contributed by atoms with Crippen molar-refractivity contribution in [3.63, 3.8) is 0 Å². The number of likely N-dealkylation sites (N-methyl/N-ethyl adjacent to an activating group) is 1. The van der Waals surface area contributed by atoms with Gasteiger partial charge in [0.2, 0.25) is 0 Å². The number of hydrogen-bond acceptors (Lipinski definition) is 3. The number of piperazine rings is 1. The zero-order valence-corrected chi connectivity index (χ0v) is 10.1. The van der Waals surface area contributed by atoms with Crippen LogP contribution in [0.4, 0.5) is 0 Å². The summed E-state index contributed by atoms with van der Waals surface area (Å²) in [5, 5.41) is 0. The molecule has 1 fully saturated rings. The summed E-state index contributed by atoms with van der Waals surface area (Å²) >= 11 is 0. The fraction of sp³-hybridized carbons (Fsp3) is 1.00. The van der Waals surface area contributed by atoms with Gasteiger partial charge in [0.15, 0.2) is 0 Å². The Kier molecular flexibility index (Phi) is 9.35. The van der Waals surface area contributed by atoms with Crippen molar-refractivity contribution in [2.24, 2.45) is 5.73 Å². The van der Waals surface area contributed by atoms with Crippen molar-refractivity contribution in [1.29, 1.82) is 0 Å². The molecule has 3 heteroatoms. The number of nitrogens with zero attached hydrogens (tertiary/aromatic N) is 2. The van der Waals surface area contributed by atoms with E-state index in [1.165, 1.54) is 39.1 Å². The van der Waals surface area contributed by atoms with Crippen LogP contribution in [0, 0.1) is 0 Å². The predicted molar refractivity (Wildman–Crippen MR) is 63.6 cm³/mol. The Morgan fingerprint density at radius 3 is 1.71 bits per heavy atom. The largest absolute Gasteiger partial charge is 0.329 e. The Morgan fingerprint density at radius 2 is 1.36 bits per heavy atom. The number of rotatable bonds is 3. The third kappa shape index (κ3) is 6.35. The highest BCUT2D eigenvalue weighted by Gasteiger charge is 2.13. The lowest BCUT2D eigenvalue weighted by Gasteiger charge is -2.33. The molecule has 0 aromatic rings. The molecule has 0 aliphatic carbocycles. The molecule has 0 spiro atoms. The molecule has 2 N–H and O–H groups in total. The van der Waals surface area contributed by atoms with Crippen molar-refractivity contribution in [3.8, 4) is 0 Å². The van der Waals surface area contributed by atoms with Crippen LogP contribution in [-0.4, -0.2) is 55.6 Å². The molecule has 0 bridgehead atoms. The molecule has 0 unspecified atom stereocenters. The highest BCUT2D eigenvalue weighted by Crippen LogP contribution is 1.99. The van der Waals surface area contributed by atoms with E-state index in [-0.39, 0.29) is 0 Å². The molecule has 0 aromatic heterocycles. The van der Waals surface area contributed by atoms with Crippen LogP contribution in [0.15, 0.2) is 0 Å². The first-order chi connectivity index (χ1) is 6.78. The molecular formula is C11H27N3. The van der Waals surface area contributed by atoms with Crippen molar-refractivity contribution in [2.45, 2.75) is 27.2 Å². The molecule has 3 nitrogen and oxygen atoms in total. The quantitative estimate of drug-likeness (QED) is 0.739. The van der Waals surface area contributed by atoms with Crippen LogP contribution in [0.5, 0.6) is 0 Å². The van der Waals surface area contributed by atoms with Gasteiger partial charge in [-0.15, -0.1) is 0 Å². The van der Waals surface area contributed by atoms with E-state index >= 15 is 0 Å². The molecule has 0 aromatic carbocycles. The van der Waals surface area contributed by atoms with Crippen LogP contribution < -0.4 is 5.73 Å². The minimum absolute atomic E-state index is 0.798. The summed E-state index contributed by atoms with van der Waals surface area (Å²) in [5.41, 5.74) is 5.47. The van der Waals surface area contributed by atoms with Gasteiger partial charge in [-0.1, -0.05) is 27.2 Å². The molecule has 14 heavy (non-hydrogen) atoms. The molecule has 0 radical (unpaired) electrons. The maximum absolute atomic E-state index is 5.47. The van der Waals surface area contributed by atoms with E-state index in [9.17, 15) is 0 Å². The van der Waals surface area contributed by atoms with Gasteiger partial charge < -0.3 is 10.6 Å². The molecule has 1 saturated heterocycles. The monoisotopic (exact) mass is 201 g/mol. The van der Waals surface area contributed by atoms with Crippen molar-refractivity contribution in [2.75, 3.05) is 45.8 Å². The van der Waals surface area contributed by atoms with E-state index in [2.05, 4.69) is 30.6 Å². The van der Waals surface area contributed by atoms with Crippen LogP contribution in [0.1, 0.15) is 27.2 Å². The first-order valence-corrected chi connectivity index (χ1v) is 5.93. The van der Waals surface area contributed by atoms with E-state index in [1.54, 1.807) is 0 Å². The van der Waals surface area contributed by atoms with Gasteiger partial charge in [-0.05, 0) is 6.54 Å². The lowest BCUT2D eigenvalue weighted by Crippen LogP contribution is -2.47. The zero-order valence-electron chi connectivity index (χ0n) is 10.1. The Morgan fingerprint density at radius 1 is 0.929 bits per heavy atom. The van der Waals surface area contributed by atoms with Crippen LogP contribution in [0.25, 0.3) is 0 Å². The van der Waals surface area contributed by atoms with Gasteiger partial charge in [-0.3, -0.25) is 4.90 Å². The van der Waals surface area contributed by atoms with Crippen LogP contribution in [-0.2, 0) is 0 Å². The van der Waals surface area contributed by atoms with Gasteiger partial charge in [-0.2, -0.15) is 0 Å². The molecule has 0 amide bonds. The van der Waals surface area contributed by atoms with Crippen molar-refractivity contribution in [1.82, 2.24) is 9.80 Å². The average Bonchev–Trinajstić information content (AvgIpc) is 2.21. The van der Waals surface area contributed by atoms with Crippen LogP contribution >= 0.6 is 0 Å². The Balaban J connectivity index is 0.000000500. The maximum Gasteiger partial charge on any atom is 0.0110 e. The second kappa shape index (κ2) is 9.44. The Labute approximate surface area is 89.2 Å². The fourth-order valence-electron chi connectivity index (χ4n) is 1.51. The Bertz CT molecular complexity index is 109. The van der Waals surface area contributed by atoms with Gasteiger partial charge in [0.1, 0.15) is 0 Å². The van der Waals surface area contributed by atoms with Crippen molar-refractivity contribution < 1.29 is 0 Å². The summed E-state index contributed by atoms with van der Waals surface area (Å²) < 4.78 is 0. The lowest BCUT2D eigenvalue weighted by atomic mass is 10.3. The van der Waals surface area contributed by atoms with E-state index in [0.717, 1.165) is 13.1 Å². The molecule has 1 rings (SSSR count). The third-order valence-electron chi connectivity index (χ3n) is 2.36. The fourth-order valence-corrected chi connectivity index (χ4v) is 1.51. The summed E-state index contributed by atoms with van der Waals surface area (Å²) in [4.78, 5) is 4.92. The number of hydrogen-bond donors (Lipinski definition) is 1. The van der Waals surface area contributed by atoms with Crippen molar-refractivity contribution >= 4 is 0 Å². The first kappa shape index (κ1) is 13.9. The molecule has 1 heterocycles. The topological polar surface area (TPSA) is 32.5 Å². The smallest absolute Gasteiger partial charge is 0.0110 e. The van der Waals surface area contributed by atoms with E-state index in [1.807, 2.05) is 0 Å². The predicted octanol–water partition coefficient (Wildman–Crippen LogP) is 0.999. The second-order valence-electron chi connectivity index (χ2n) is 3.77. The van der Waals surface area contributed by atoms with E-state index in [0.29, 0.717) is 0 Å². The Hall–Kier alpha value is -0.120. The van der Waals surface area contributed by atoms with E-state index < -0.39 is 0 Å². The average molecular weight is 201 g/mol. The molecular weight excluding hydrogens is 174 g/mol. The zero-order chi connectivity index (χ0) is 10.8.